The molecule has 0 bridgehead atoms. The fourth-order valence-electron chi connectivity index (χ4n) is 5.50. The van der Waals surface area contributed by atoms with Gasteiger partial charge in [0.25, 0.3) is 0 Å². The number of rotatable bonds is 6. The van der Waals surface area contributed by atoms with E-state index < -0.39 is 0 Å². The molecule has 6 nitrogen and oxygen atoms in total. The molecule has 0 fully saturated rings. The summed E-state index contributed by atoms with van der Waals surface area (Å²) in [6.45, 7) is 0. The molecule has 0 aliphatic carbocycles. The molecule has 7 rings (SSSR count). The van der Waals surface area contributed by atoms with Crippen LogP contribution in [-0.2, 0) is 0 Å². The SMILES string of the molecule is c1ccc(-c2c(-c3ccncc3)c(-c3ccncc3)c(-c3cccnc3)c(-c3cccnc3)c2-c2ccccn2)nc1. The minimum absolute atomic E-state index is 0.832. The van der Waals surface area contributed by atoms with Crippen LogP contribution in [0.4, 0.5) is 0 Å². The molecule has 42 heavy (non-hydrogen) atoms. The van der Waals surface area contributed by atoms with E-state index in [1.54, 1.807) is 12.4 Å². The molecule has 6 heterocycles. The standard InChI is InChI=1S/C36H24N6/c1-3-17-41-29(9-1)35-32(26-13-21-38-22-14-26)31(25-11-19-37-20-12-25)33(27-7-5-15-39-23-27)34(28-8-6-16-40-24-28)36(35)30-10-2-4-18-42-30/h1-24H. The number of benzene rings is 1. The molecule has 0 aliphatic heterocycles. The summed E-state index contributed by atoms with van der Waals surface area (Å²) in [6, 6.07) is 28.3. The molecule has 7 aromatic rings. The first-order valence-corrected chi connectivity index (χ1v) is 13.6. The van der Waals surface area contributed by atoms with Crippen molar-refractivity contribution in [2.24, 2.45) is 0 Å². The maximum atomic E-state index is 4.91. The van der Waals surface area contributed by atoms with E-state index in [9.17, 15) is 0 Å². The second-order valence-corrected chi connectivity index (χ2v) is 9.64. The van der Waals surface area contributed by atoms with Crippen molar-refractivity contribution in [1.82, 2.24) is 29.9 Å². The average Bonchev–Trinajstić information content (AvgIpc) is 3.09. The van der Waals surface area contributed by atoms with Gasteiger partial charge in [-0.3, -0.25) is 29.9 Å². The number of pyridine rings is 6. The zero-order valence-electron chi connectivity index (χ0n) is 22.5. The molecule has 0 atom stereocenters. The van der Waals surface area contributed by atoms with E-state index in [0.29, 0.717) is 0 Å². The van der Waals surface area contributed by atoms with Gasteiger partial charge >= 0.3 is 0 Å². The van der Waals surface area contributed by atoms with Gasteiger partial charge in [0.1, 0.15) is 0 Å². The Kier molecular flexibility index (Phi) is 6.76. The minimum Gasteiger partial charge on any atom is -0.265 e. The Labute approximate surface area is 243 Å². The first kappa shape index (κ1) is 25.1. The molecular weight excluding hydrogens is 516 g/mol. The molecule has 1 aromatic carbocycles. The van der Waals surface area contributed by atoms with Gasteiger partial charge < -0.3 is 0 Å². The van der Waals surface area contributed by atoms with Crippen molar-refractivity contribution in [2.45, 2.75) is 0 Å². The van der Waals surface area contributed by atoms with Crippen LogP contribution in [0.1, 0.15) is 0 Å². The molecule has 6 aromatic heterocycles. The lowest BCUT2D eigenvalue weighted by atomic mass is 9.76. The van der Waals surface area contributed by atoms with Gasteiger partial charge in [0, 0.05) is 101 Å². The quantitative estimate of drug-likeness (QED) is 0.212. The van der Waals surface area contributed by atoms with Crippen molar-refractivity contribution >= 4 is 0 Å². The lowest BCUT2D eigenvalue weighted by Gasteiger charge is -2.27. The highest BCUT2D eigenvalue weighted by molar-refractivity contribution is 6.14. The molecule has 0 saturated carbocycles. The van der Waals surface area contributed by atoms with Crippen LogP contribution >= 0.6 is 0 Å². The van der Waals surface area contributed by atoms with Crippen LogP contribution in [0.15, 0.2) is 147 Å². The normalized spacial score (nSPS) is 10.9. The van der Waals surface area contributed by atoms with Gasteiger partial charge in [-0.25, -0.2) is 0 Å². The second-order valence-electron chi connectivity index (χ2n) is 9.64. The molecule has 198 valence electrons. The summed E-state index contributed by atoms with van der Waals surface area (Å²) in [5.74, 6) is 0. The minimum atomic E-state index is 0.832. The van der Waals surface area contributed by atoms with E-state index in [1.807, 2.05) is 98.1 Å². The van der Waals surface area contributed by atoms with Gasteiger partial charge in [-0.1, -0.05) is 24.3 Å². The second kappa shape index (κ2) is 11.3. The van der Waals surface area contributed by atoms with Gasteiger partial charge in [0.2, 0.25) is 0 Å². The highest BCUT2D eigenvalue weighted by atomic mass is 14.7. The van der Waals surface area contributed by atoms with Gasteiger partial charge in [-0.2, -0.15) is 0 Å². The van der Waals surface area contributed by atoms with Crippen LogP contribution in [0.3, 0.4) is 0 Å². The van der Waals surface area contributed by atoms with Crippen molar-refractivity contribution < 1.29 is 0 Å². The summed E-state index contributed by atoms with van der Waals surface area (Å²) in [4.78, 5) is 27.6. The van der Waals surface area contributed by atoms with E-state index in [1.165, 1.54) is 0 Å². The van der Waals surface area contributed by atoms with Gasteiger partial charge in [-0.05, 0) is 77.4 Å². The van der Waals surface area contributed by atoms with Crippen molar-refractivity contribution in [3.63, 3.8) is 0 Å². The molecular formula is C36H24N6. The molecule has 0 radical (unpaired) electrons. The summed E-state index contributed by atoms with van der Waals surface area (Å²) < 4.78 is 0. The zero-order valence-corrected chi connectivity index (χ0v) is 22.5. The van der Waals surface area contributed by atoms with Gasteiger partial charge in [0.15, 0.2) is 0 Å². The van der Waals surface area contributed by atoms with Gasteiger partial charge in [0.05, 0.1) is 11.4 Å². The van der Waals surface area contributed by atoms with E-state index in [0.717, 1.165) is 67.0 Å². The zero-order chi connectivity index (χ0) is 28.1. The Morgan fingerprint density at radius 1 is 0.286 bits per heavy atom. The Morgan fingerprint density at radius 2 is 0.714 bits per heavy atom. The lowest BCUT2D eigenvalue weighted by Crippen LogP contribution is -2.03. The summed E-state index contributed by atoms with van der Waals surface area (Å²) in [5.41, 5.74) is 11.7. The number of aromatic nitrogens is 6. The Morgan fingerprint density at radius 3 is 1.12 bits per heavy atom. The maximum absolute atomic E-state index is 4.91. The molecule has 6 heteroatoms. The van der Waals surface area contributed by atoms with Crippen molar-refractivity contribution in [1.29, 1.82) is 0 Å². The molecule has 0 unspecified atom stereocenters. The lowest BCUT2D eigenvalue weighted by molar-refractivity contribution is 1.28. The highest BCUT2D eigenvalue weighted by Gasteiger charge is 2.30. The van der Waals surface area contributed by atoms with Crippen LogP contribution in [0, 0.1) is 0 Å². The van der Waals surface area contributed by atoms with Crippen molar-refractivity contribution in [3.05, 3.63) is 147 Å². The first-order valence-electron chi connectivity index (χ1n) is 13.6. The molecule has 0 N–H and O–H groups in total. The van der Waals surface area contributed by atoms with E-state index in [-0.39, 0.29) is 0 Å². The summed E-state index contributed by atoms with van der Waals surface area (Å²) in [6.07, 6.45) is 18.4. The summed E-state index contributed by atoms with van der Waals surface area (Å²) >= 11 is 0. The van der Waals surface area contributed by atoms with E-state index in [4.69, 9.17) is 9.97 Å². The maximum Gasteiger partial charge on any atom is 0.0715 e. The third-order valence-corrected chi connectivity index (χ3v) is 7.18. The van der Waals surface area contributed by atoms with Crippen LogP contribution < -0.4 is 0 Å². The average molecular weight is 541 g/mol. The monoisotopic (exact) mass is 540 g/mol. The Hall–Kier alpha value is -5.88. The topological polar surface area (TPSA) is 77.3 Å². The molecule has 0 amide bonds. The smallest absolute Gasteiger partial charge is 0.0715 e. The third-order valence-electron chi connectivity index (χ3n) is 7.18. The van der Waals surface area contributed by atoms with Crippen LogP contribution in [0.2, 0.25) is 0 Å². The highest BCUT2D eigenvalue weighted by Crippen LogP contribution is 2.54. The Balaban J connectivity index is 1.81. The van der Waals surface area contributed by atoms with Crippen molar-refractivity contribution in [3.8, 4) is 67.0 Å². The van der Waals surface area contributed by atoms with Gasteiger partial charge in [-0.15, -0.1) is 0 Å². The number of hydrogen-bond donors (Lipinski definition) is 0. The summed E-state index contributed by atoms with van der Waals surface area (Å²) in [5, 5.41) is 0. The van der Waals surface area contributed by atoms with Crippen LogP contribution in [-0.4, -0.2) is 29.9 Å². The molecule has 0 aliphatic rings. The van der Waals surface area contributed by atoms with Crippen LogP contribution in [0.25, 0.3) is 67.0 Å². The third kappa shape index (κ3) is 4.61. The molecule has 0 spiro atoms. The van der Waals surface area contributed by atoms with E-state index >= 15 is 0 Å². The van der Waals surface area contributed by atoms with Crippen LogP contribution in [0.5, 0.6) is 0 Å². The van der Waals surface area contributed by atoms with Crippen molar-refractivity contribution in [2.75, 3.05) is 0 Å². The number of hydrogen-bond acceptors (Lipinski definition) is 6. The largest absolute Gasteiger partial charge is 0.265 e. The Bertz CT molecular complexity index is 1540. The molecule has 0 saturated heterocycles. The van der Waals surface area contributed by atoms with E-state index in [2.05, 4.69) is 56.3 Å². The predicted octanol–water partition coefficient (Wildman–Crippen LogP) is 8.06. The predicted molar refractivity (Wildman–Crippen MR) is 166 cm³/mol. The fraction of sp³-hybridized carbons (Fsp3) is 0. The summed E-state index contributed by atoms with van der Waals surface area (Å²) in [7, 11) is 0. The first-order chi connectivity index (χ1) is 20.9. The number of nitrogens with zero attached hydrogens (tertiary/aromatic N) is 6. The fourth-order valence-corrected chi connectivity index (χ4v) is 5.50.